The number of rotatable bonds is 7. The van der Waals surface area contributed by atoms with Gasteiger partial charge in [0, 0.05) is 17.1 Å². The van der Waals surface area contributed by atoms with Crippen LogP contribution in [-0.4, -0.2) is 42.7 Å². The molecule has 1 amide bonds. The monoisotopic (exact) mass is 459 g/mol. The van der Waals surface area contributed by atoms with Gasteiger partial charge >= 0.3 is 0 Å². The third kappa shape index (κ3) is 4.51. The largest absolute Gasteiger partial charge is 0.497 e. The van der Waals surface area contributed by atoms with E-state index in [2.05, 4.69) is 4.98 Å². The van der Waals surface area contributed by atoms with Crippen LogP contribution in [0.2, 0.25) is 0 Å². The van der Waals surface area contributed by atoms with E-state index in [-0.39, 0.29) is 12.5 Å². The highest BCUT2D eigenvalue weighted by atomic mass is 32.1. The minimum Gasteiger partial charge on any atom is -0.497 e. The van der Waals surface area contributed by atoms with Crippen molar-refractivity contribution < 1.29 is 19.0 Å². The fraction of sp³-hybridized carbons (Fsp3) is 0.160. The number of aromatic nitrogens is 2. The fourth-order valence-electron chi connectivity index (χ4n) is 3.55. The molecule has 1 aliphatic heterocycles. The maximum absolute atomic E-state index is 12.6. The summed E-state index contributed by atoms with van der Waals surface area (Å²) in [6.07, 6.45) is 1.75. The van der Waals surface area contributed by atoms with Crippen LogP contribution in [0.25, 0.3) is 22.0 Å². The zero-order valence-corrected chi connectivity index (χ0v) is 18.7. The predicted octanol–water partition coefficient (Wildman–Crippen LogP) is 4.69. The number of hydrogen-bond acceptors (Lipinski definition) is 7. The number of fused-ring (bicyclic) bond motifs is 1. The molecule has 0 unspecified atom stereocenters. The molecule has 7 nitrogen and oxygen atoms in total. The van der Waals surface area contributed by atoms with Crippen LogP contribution in [-0.2, 0) is 4.79 Å². The third-order valence-corrected chi connectivity index (χ3v) is 6.09. The summed E-state index contributed by atoms with van der Waals surface area (Å²) in [5, 5.41) is 2.84. The lowest BCUT2D eigenvalue weighted by Gasteiger charge is -2.29. The minimum absolute atomic E-state index is 0.00933. The molecule has 0 bridgehead atoms. The quantitative estimate of drug-likeness (QED) is 0.399. The maximum Gasteiger partial charge on any atom is 0.265 e. The molecule has 2 aromatic carbocycles. The van der Waals surface area contributed by atoms with Crippen molar-refractivity contribution >= 4 is 22.9 Å². The van der Waals surface area contributed by atoms with E-state index < -0.39 is 0 Å². The summed E-state index contributed by atoms with van der Waals surface area (Å²) in [6, 6.07) is 18.9. The summed E-state index contributed by atoms with van der Waals surface area (Å²) >= 11 is 1.54. The molecule has 3 heterocycles. The first-order chi connectivity index (χ1) is 16.2. The van der Waals surface area contributed by atoms with Crippen molar-refractivity contribution in [3.05, 3.63) is 72.2 Å². The normalized spacial score (nSPS) is 12.8. The lowest BCUT2D eigenvalue weighted by molar-refractivity contribution is -0.121. The van der Waals surface area contributed by atoms with Crippen LogP contribution in [0, 0.1) is 0 Å². The van der Waals surface area contributed by atoms with Gasteiger partial charge < -0.3 is 19.1 Å². The number of carbonyl (C=O) groups excluding carboxylic acids is 1. The van der Waals surface area contributed by atoms with E-state index in [0.29, 0.717) is 18.9 Å². The summed E-state index contributed by atoms with van der Waals surface area (Å²) in [4.78, 5) is 23.4. The van der Waals surface area contributed by atoms with E-state index in [1.807, 2.05) is 66.0 Å². The van der Waals surface area contributed by atoms with Crippen molar-refractivity contribution in [2.45, 2.75) is 0 Å². The number of methoxy groups -OCH3 is 1. The van der Waals surface area contributed by atoms with Gasteiger partial charge in [-0.2, -0.15) is 0 Å². The molecule has 8 heteroatoms. The minimum atomic E-state index is -0.106. The predicted molar refractivity (Wildman–Crippen MR) is 127 cm³/mol. The first-order valence-corrected chi connectivity index (χ1v) is 11.3. The van der Waals surface area contributed by atoms with E-state index in [1.54, 1.807) is 18.2 Å². The van der Waals surface area contributed by atoms with Crippen molar-refractivity contribution in [3.8, 4) is 39.2 Å². The SMILES string of the molecule is COc1ccc(OCCN2C(=O)COc3ccc(-c4csc(-c5ccccn5)n4)cc32)cc1. The molecule has 0 spiro atoms. The van der Waals surface area contributed by atoms with E-state index in [9.17, 15) is 4.79 Å². The molecule has 0 aliphatic carbocycles. The van der Waals surface area contributed by atoms with Crippen molar-refractivity contribution in [1.82, 2.24) is 9.97 Å². The van der Waals surface area contributed by atoms with Gasteiger partial charge in [-0.15, -0.1) is 11.3 Å². The standard InChI is InChI=1S/C25H21N3O4S/c1-30-18-6-8-19(9-7-18)31-13-12-28-22-14-17(5-10-23(22)32-15-24(28)29)21-16-33-25(27-21)20-4-2-3-11-26-20/h2-11,14,16H,12-13,15H2,1H3. The van der Waals surface area contributed by atoms with Crippen LogP contribution in [0.5, 0.6) is 17.2 Å². The molecule has 2 aromatic heterocycles. The highest BCUT2D eigenvalue weighted by molar-refractivity contribution is 7.13. The molecular weight excluding hydrogens is 438 g/mol. The Morgan fingerprint density at radius 3 is 2.70 bits per heavy atom. The van der Waals surface area contributed by atoms with E-state index in [1.165, 1.54) is 11.3 Å². The summed E-state index contributed by atoms with van der Waals surface area (Å²) < 4.78 is 16.6. The highest BCUT2D eigenvalue weighted by Gasteiger charge is 2.26. The number of ether oxygens (including phenoxy) is 3. The molecule has 33 heavy (non-hydrogen) atoms. The van der Waals surface area contributed by atoms with Gasteiger partial charge in [-0.05, 0) is 54.6 Å². The Kier molecular flexibility index (Phi) is 5.91. The number of thiazole rings is 1. The van der Waals surface area contributed by atoms with Gasteiger partial charge in [-0.1, -0.05) is 6.07 Å². The van der Waals surface area contributed by atoms with Crippen LogP contribution in [0.1, 0.15) is 0 Å². The molecule has 0 saturated heterocycles. The van der Waals surface area contributed by atoms with E-state index in [0.717, 1.165) is 39.1 Å². The second kappa shape index (κ2) is 9.30. The zero-order valence-electron chi connectivity index (χ0n) is 17.9. The molecule has 0 fully saturated rings. The fourth-order valence-corrected chi connectivity index (χ4v) is 4.35. The number of hydrogen-bond donors (Lipinski definition) is 0. The Balaban J connectivity index is 1.34. The van der Waals surface area contributed by atoms with Crippen LogP contribution in [0.15, 0.2) is 72.2 Å². The summed E-state index contributed by atoms with van der Waals surface area (Å²) in [7, 11) is 1.62. The van der Waals surface area contributed by atoms with Crippen molar-refractivity contribution in [2.75, 3.05) is 31.8 Å². The van der Waals surface area contributed by atoms with Crippen LogP contribution in [0.4, 0.5) is 5.69 Å². The Bertz CT molecular complexity index is 1260. The Labute approximate surface area is 195 Å². The van der Waals surface area contributed by atoms with Crippen LogP contribution in [0.3, 0.4) is 0 Å². The first-order valence-electron chi connectivity index (χ1n) is 10.4. The second-order valence-corrected chi connectivity index (χ2v) is 8.15. The van der Waals surface area contributed by atoms with Gasteiger partial charge in [-0.3, -0.25) is 9.78 Å². The smallest absolute Gasteiger partial charge is 0.265 e. The topological polar surface area (TPSA) is 73.8 Å². The lowest BCUT2D eigenvalue weighted by Crippen LogP contribution is -2.41. The van der Waals surface area contributed by atoms with Gasteiger partial charge in [0.15, 0.2) is 6.61 Å². The van der Waals surface area contributed by atoms with Gasteiger partial charge in [0.05, 0.1) is 30.7 Å². The summed E-state index contributed by atoms with van der Waals surface area (Å²) in [6.45, 7) is 0.762. The summed E-state index contributed by atoms with van der Waals surface area (Å²) in [5.41, 5.74) is 3.29. The van der Waals surface area contributed by atoms with Crippen molar-refractivity contribution in [1.29, 1.82) is 0 Å². The number of benzene rings is 2. The molecule has 0 saturated carbocycles. The number of amides is 1. The Morgan fingerprint density at radius 1 is 1.06 bits per heavy atom. The number of nitrogens with zero attached hydrogens (tertiary/aromatic N) is 3. The van der Waals surface area contributed by atoms with Crippen LogP contribution < -0.4 is 19.1 Å². The molecule has 0 atom stereocenters. The summed E-state index contributed by atoms with van der Waals surface area (Å²) in [5.74, 6) is 2.05. The van der Waals surface area contributed by atoms with Gasteiger partial charge in [0.25, 0.3) is 5.91 Å². The van der Waals surface area contributed by atoms with Gasteiger partial charge in [-0.25, -0.2) is 4.98 Å². The third-order valence-electron chi connectivity index (χ3n) is 5.23. The molecule has 0 radical (unpaired) electrons. The second-order valence-electron chi connectivity index (χ2n) is 7.29. The van der Waals surface area contributed by atoms with E-state index in [4.69, 9.17) is 19.2 Å². The average Bonchev–Trinajstić information content (AvgIpc) is 3.36. The molecule has 0 N–H and O–H groups in total. The average molecular weight is 460 g/mol. The van der Waals surface area contributed by atoms with Crippen LogP contribution >= 0.6 is 11.3 Å². The number of anilines is 1. The first kappa shape index (κ1) is 21.0. The van der Waals surface area contributed by atoms with Crippen molar-refractivity contribution in [2.24, 2.45) is 0 Å². The molecular formula is C25H21N3O4S. The van der Waals surface area contributed by atoms with E-state index >= 15 is 0 Å². The number of carbonyl (C=O) groups is 1. The Morgan fingerprint density at radius 2 is 1.91 bits per heavy atom. The maximum atomic E-state index is 12.6. The lowest BCUT2D eigenvalue weighted by atomic mass is 10.1. The zero-order chi connectivity index (χ0) is 22.6. The van der Waals surface area contributed by atoms with Gasteiger partial charge in [0.1, 0.15) is 28.9 Å². The highest BCUT2D eigenvalue weighted by Crippen LogP contribution is 2.37. The van der Waals surface area contributed by atoms with Gasteiger partial charge in [0.2, 0.25) is 0 Å². The Hall–Kier alpha value is -3.91. The number of pyridine rings is 1. The molecule has 4 aromatic rings. The molecule has 166 valence electrons. The molecule has 5 rings (SSSR count). The van der Waals surface area contributed by atoms with Crippen molar-refractivity contribution in [3.63, 3.8) is 0 Å². The molecule has 1 aliphatic rings.